The van der Waals surface area contributed by atoms with Gasteiger partial charge in [-0.3, -0.25) is 72.0 Å². The van der Waals surface area contributed by atoms with E-state index in [2.05, 4.69) is 60.6 Å². The van der Waals surface area contributed by atoms with E-state index in [0.717, 1.165) is 25.7 Å². The molecule has 0 aromatic heterocycles. The van der Waals surface area contributed by atoms with Crippen molar-refractivity contribution < 1.29 is 104 Å². The van der Waals surface area contributed by atoms with E-state index < -0.39 is 173 Å². The van der Waals surface area contributed by atoms with E-state index in [1.165, 1.54) is 28.8 Å². The predicted molar refractivity (Wildman–Crippen MR) is 415 cm³/mol. The average molecular weight is 1660 g/mol. The van der Waals surface area contributed by atoms with Crippen molar-refractivity contribution >= 4 is 107 Å². The summed E-state index contributed by atoms with van der Waals surface area (Å²) in [5.74, 6) is -9.53. The van der Waals surface area contributed by atoms with Crippen molar-refractivity contribution in [3.05, 3.63) is 71.8 Å². The number of hydroxylamine groups is 2. The first-order valence-corrected chi connectivity index (χ1v) is 38.6. The second kappa shape index (κ2) is 37.2. The molecule has 0 bridgehead atoms. The van der Waals surface area contributed by atoms with Gasteiger partial charge in [0, 0.05) is 54.1 Å². The third-order valence-electron chi connectivity index (χ3n) is 22.0. The van der Waals surface area contributed by atoms with Gasteiger partial charge >= 0.3 is 18.4 Å². The van der Waals surface area contributed by atoms with Crippen molar-refractivity contribution in [3.63, 3.8) is 0 Å². The van der Waals surface area contributed by atoms with E-state index in [9.17, 15) is 89.9 Å². The number of carbonyl (C=O) groups is 16. The normalized spacial score (nSPS) is 21.7. The molecule has 32 nitrogen and oxygen atoms in total. The van der Waals surface area contributed by atoms with Crippen LogP contribution in [0.2, 0.25) is 0 Å². The third kappa shape index (κ3) is 24.2. The maximum absolute atomic E-state index is 14.2. The number of fused-ring (bicyclic) bond motifs is 2. The molecule has 0 spiro atoms. The number of amides is 13. The number of ketones is 2. The average Bonchev–Trinajstić information content (AvgIpc) is 1.53. The van der Waals surface area contributed by atoms with Gasteiger partial charge in [-0.2, -0.15) is 13.2 Å². The van der Waals surface area contributed by atoms with E-state index in [1.54, 1.807) is 121 Å². The monoisotopic (exact) mass is 1650 g/mol. The molecule has 4 saturated carbocycles. The van der Waals surface area contributed by atoms with Gasteiger partial charge in [0.25, 0.3) is 23.6 Å². The predicted octanol–water partition coefficient (Wildman–Crippen LogP) is 5.05. The van der Waals surface area contributed by atoms with E-state index in [1.807, 2.05) is 34.6 Å². The zero-order chi connectivity index (χ0) is 86.5. The summed E-state index contributed by atoms with van der Waals surface area (Å²) in [6, 6.07) is 8.68. The van der Waals surface area contributed by atoms with E-state index in [4.69, 9.17) is 10.5 Å². The molecule has 12 atom stereocenters. The number of alkyl carbamates (subject to hydrolysis) is 1. The fourth-order valence-corrected chi connectivity index (χ4v) is 14.4. The molecule has 2 aromatic carbocycles. The van der Waals surface area contributed by atoms with Crippen LogP contribution in [0.25, 0.3) is 0 Å². The first-order valence-electron chi connectivity index (χ1n) is 38.6. The molecule has 7 aliphatic rings. The molecule has 4 unspecified atom stereocenters. The maximum Gasteiger partial charge on any atom is 0.534 e. The Bertz CT molecular complexity index is 4020. The van der Waals surface area contributed by atoms with Gasteiger partial charge in [0.2, 0.25) is 64.4 Å². The minimum absolute atomic E-state index is 0. The fraction of sp³-hybridized carbons (Fsp3) is 0.650. The Labute approximate surface area is 680 Å². The quantitative estimate of drug-likeness (QED) is 0.0329. The van der Waals surface area contributed by atoms with Gasteiger partial charge in [0.1, 0.15) is 35.8 Å². The molecular weight excluding hydrogens is 1540 g/mol. The number of carbonyl (C=O) groups excluding carboxylic acids is 16. The number of likely N-dealkylation sites (N-methyl/N-ethyl adjacent to an activating group) is 2. The summed E-state index contributed by atoms with van der Waals surface area (Å²) in [5.41, 5.74) is 1.77. The molecular formula is C80H115ClF3N13O19. The smallest absolute Gasteiger partial charge is 0.434 e. The minimum Gasteiger partial charge on any atom is -0.434 e. The highest BCUT2D eigenvalue weighted by molar-refractivity contribution is 6.39. The molecule has 3 aliphatic heterocycles. The Morgan fingerprint density at radius 3 is 1.23 bits per heavy atom. The summed E-state index contributed by atoms with van der Waals surface area (Å²) in [6.45, 7) is 24.1. The van der Waals surface area contributed by atoms with Gasteiger partial charge in [-0.15, -0.1) is 12.4 Å². The van der Waals surface area contributed by atoms with Crippen molar-refractivity contribution in [3.8, 4) is 0 Å². The molecule has 9 rings (SSSR count). The van der Waals surface area contributed by atoms with Gasteiger partial charge in [-0.05, 0) is 116 Å². The van der Waals surface area contributed by atoms with Crippen LogP contribution < -0.4 is 43.0 Å². The van der Waals surface area contributed by atoms with Crippen LogP contribution >= 0.6 is 12.4 Å². The van der Waals surface area contributed by atoms with Crippen LogP contribution in [0.4, 0.5) is 22.8 Å². The number of imide groups is 1. The van der Waals surface area contributed by atoms with Crippen LogP contribution in [0.5, 0.6) is 0 Å². The SMILES string of the molecule is CC(C)(C)OC(=O)ON1C(=O)CCC1=O.CN(C)C(=O)[C@@H](NC(=O)CNC(=O)C(=O)C(CC1CC1)NC(=O)[C@@H]1[C@@H]2C(CN1C(=O)[C@@H](N)C(C)(C)C)C2(C)C)c1ccccc1.CN(C)C(=O)[C@@H](NC(=O)CNC(=O)C(=O)C(CC1CC1)NC(=O)[C@@H]1[C@@H]2C(CN1C(=O)[C@@H](NC(=O)OC(C)(C)C(F)(F)F)C(C)(C)C)C2(C)C)c1ccccc1.Cl. The highest BCUT2D eigenvalue weighted by Crippen LogP contribution is 2.66. The molecule has 0 radical (unpaired) electrons. The van der Waals surface area contributed by atoms with E-state index in [-0.39, 0.29) is 103 Å². The van der Waals surface area contributed by atoms with E-state index >= 15 is 0 Å². The fourth-order valence-electron chi connectivity index (χ4n) is 14.4. The minimum atomic E-state index is -4.88. The highest BCUT2D eigenvalue weighted by atomic mass is 35.5. The van der Waals surface area contributed by atoms with Crippen molar-refractivity contribution in [2.45, 2.75) is 221 Å². The largest absolute Gasteiger partial charge is 0.534 e. The second-order valence-electron chi connectivity index (χ2n) is 36.0. The standard InChI is InChI=1S/C38H53F3N6O8.C33H48N6O6.C9H13NO5.ClH/c1-35(2,3)29(45-34(54)55-37(6,7)38(39,40)41)33(53)47-19-22-25(36(22,4)5)27(47)30(50)43-23(17-20-15-16-20)28(49)31(51)42-18-24(48)44-26(32(52)46(8)9)21-13-11-10-12-14-21;1-32(2,3)27(34)31(45)39-17-20-23(33(20,4)5)25(39)28(42)36-21(15-18-13-14-18)26(41)29(43)35-16-22(40)37-24(30(44)38(6)7)19-11-9-8-10-12-19;1-9(2,3)14-8(13)15-10-6(11)4-5-7(10)12;/h10-14,20,22-23,25-27,29H,15-19H2,1-9H3,(H,42,51)(H,43,50)(H,44,48)(H,45,54);8-12,18,20-21,23-25,27H,13-17,34H2,1-7H3,(H,35,43)(H,36,42)(H,37,40);4-5H2,1-3H3;1H/t22?,23?,25-,26-,27-,29+;20?,21?,23-,24-,25-,27+;;/m00../s1. The second-order valence-corrected chi connectivity index (χ2v) is 36.0. The lowest BCUT2D eigenvalue weighted by molar-refractivity contribution is -0.244. The summed E-state index contributed by atoms with van der Waals surface area (Å²) in [6.07, 6.45) is -3.50. The van der Waals surface area contributed by atoms with Crippen LogP contribution in [0, 0.1) is 57.2 Å². The first-order chi connectivity index (χ1) is 53.0. The molecule has 4 aliphatic carbocycles. The molecule has 7 fully saturated rings. The summed E-state index contributed by atoms with van der Waals surface area (Å²) >= 11 is 0. The van der Waals surface area contributed by atoms with Crippen molar-refractivity contribution in [2.75, 3.05) is 54.4 Å². The Kier molecular flexibility index (Phi) is 30.5. The number of nitrogens with two attached hydrogens (primary N) is 1. The lowest BCUT2D eigenvalue weighted by atomic mass is 9.85. The molecule has 13 amide bonds. The Hall–Kier alpha value is -9.80. The van der Waals surface area contributed by atoms with Crippen LogP contribution in [-0.2, 0) is 81.4 Å². The Morgan fingerprint density at radius 1 is 0.534 bits per heavy atom. The summed E-state index contributed by atoms with van der Waals surface area (Å²) in [5, 5.41) is 18.1. The van der Waals surface area contributed by atoms with Crippen LogP contribution in [-0.4, -0.2) is 227 Å². The summed E-state index contributed by atoms with van der Waals surface area (Å²) in [4.78, 5) is 216. The van der Waals surface area contributed by atoms with Gasteiger partial charge in [0.05, 0.1) is 31.2 Å². The molecule has 2 aromatic rings. The lowest BCUT2D eigenvalue weighted by Crippen LogP contribution is -2.61. The van der Waals surface area contributed by atoms with Crippen molar-refractivity contribution in [2.24, 2.45) is 62.9 Å². The topological polar surface area (TPSA) is 427 Å². The number of ether oxygens (including phenoxy) is 2. The Balaban J connectivity index is 0.000000307. The molecule has 3 saturated heterocycles. The number of Topliss-reactive ketones (excluding diaryl/α,β-unsaturated/α-hetero) is 2. The maximum atomic E-state index is 14.2. The number of rotatable bonds is 27. The molecule has 116 heavy (non-hydrogen) atoms. The van der Waals surface area contributed by atoms with Crippen LogP contribution in [0.3, 0.4) is 0 Å². The number of nitrogens with zero attached hydrogens (tertiary/aromatic N) is 5. The third-order valence-corrected chi connectivity index (χ3v) is 22.0. The van der Waals surface area contributed by atoms with Gasteiger partial charge in [-0.25, -0.2) is 9.59 Å². The van der Waals surface area contributed by atoms with Gasteiger partial charge < -0.3 is 72.0 Å². The first kappa shape index (κ1) is 95.0. The number of likely N-dealkylation sites (tertiary alicyclic amines) is 2. The zero-order valence-electron chi connectivity index (χ0n) is 69.5. The van der Waals surface area contributed by atoms with Gasteiger partial charge in [-0.1, -0.05) is 161 Å². The van der Waals surface area contributed by atoms with Crippen LogP contribution in [0.1, 0.15) is 178 Å². The van der Waals surface area contributed by atoms with E-state index in [0.29, 0.717) is 36.6 Å². The van der Waals surface area contributed by atoms with Crippen molar-refractivity contribution in [1.82, 2.24) is 61.9 Å². The molecule has 642 valence electrons. The zero-order valence-corrected chi connectivity index (χ0v) is 70.3. The number of hydrogen-bond acceptors (Lipinski definition) is 20. The molecule has 9 N–H and O–H groups in total. The number of nitrogens with one attached hydrogen (secondary N) is 7. The number of halogens is 4. The molecule has 3 heterocycles. The summed E-state index contributed by atoms with van der Waals surface area (Å²) in [7, 11) is 6.21. The summed E-state index contributed by atoms with van der Waals surface area (Å²) < 4.78 is 49.8. The van der Waals surface area contributed by atoms with Gasteiger partial charge in [0.15, 0.2) is 0 Å². The van der Waals surface area contributed by atoms with Crippen molar-refractivity contribution in [1.29, 1.82) is 0 Å². The number of hydrogen-bond donors (Lipinski definition) is 8. The molecule has 36 heteroatoms. The number of benzene rings is 2. The lowest BCUT2D eigenvalue weighted by Gasteiger charge is -2.38. The number of piperidine rings is 2. The van der Waals surface area contributed by atoms with Crippen LogP contribution in [0.15, 0.2) is 60.7 Å². The number of alkyl halides is 3. The Morgan fingerprint density at radius 2 is 0.905 bits per heavy atom. The highest BCUT2D eigenvalue weighted by Gasteiger charge is 2.71.